The Hall–Kier alpha value is -1.29. The third-order valence-corrected chi connectivity index (χ3v) is 3.27. The minimum absolute atomic E-state index is 0.744. The molecule has 78 valence electrons. The van der Waals surface area contributed by atoms with Crippen LogP contribution in [-0.4, -0.2) is 15.0 Å². The van der Waals surface area contributed by atoms with E-state index in [1.807, 2.05) is 26.8 Å². The Balaban J connectivity index is 2.53. The van der Waals surface area contributed by atoms with E-state index >= 15 is 0 Å². The van der Waals surface area contributed by atoms with Crippen molar-refractivity contribution in [3.05, 3.63) is 28.0 Å². The van der Waals surface area contributed by atoms with Crippen molar-refractivity contribution in [1.29, 1.82) is 0 Å². The molecule has 0 atom stereocenters. The van der Waals surface area contributed by atoms with E-state index in [1.54, 1.807) is 11.3 Å². The van der Waals surface area contributed by atoms with Crippen LogP contribution >= 0.6 is 11.3 Å². The number of aromatic nitrogens is 3. The molecule has 3 nitrogen and oxygen atoms in total. The van der Waals surface area contributed by atoms with Gasteiger partial charge in [0.05, 0.1) is 5.69 Å². The monoisotopic (exact) mass is 219 g/mol. The predicted molar refractivity (Wildman–Crippen MR) is 62.1 cm³/mol. The molecule has 0 unspecified atom stereocenters. The minimum Gasteiger partial charge on any atom is -0.238 e. The van der Waals surface area contributed by atoms with Gasteiger partial charge in [0.25, 0.3) is 0 Å². The molecule has 0 saturated carbocycles. The molecule has 0 spiro atoms. The molecule has 2 heterocycles. The van der Waals surface area contributed by atoms with Gasteiger partial charge in [-0.15, -0.1) is 11.3 Å². The Morgan fingerprint density at radius 2 is 1.53 bits per heavy atom. The van der Waals surface area contributed by atoms with Crippen LogP contribution in [0.1, 0.15) is 22.0 Å². The molecule has 0 saturated heterocycles. The molecule has 0 bridgehead atoms. The van der Waals surface area contributed by atoms with E-state index in [0.717, 1.165) is 27.9 Å². The zero-order valence-electron chi connectivity index (χ0n) is 9.33. The third kappa shape index (κ3) is 2.04. The highest BCUT2D eigenvalue weighted by Gasteiger charge is 2.09. The quantitative estimate of drug-likeness (QED) is 0.740. The van der Waals surface area contributed by atoms with Crippen LogP contribution < -0.4 is 0 Å². The Morgan fingerprint density at radius 3 is 2.00 bits per heavy atom. The van der Waals surface area contributed by atoms with Gasteiger partial charge in [0, 0.05) is 16.3 Å². The third-order valence-electron chi connectivity index (χ3n) is 2.20. The number of nitrogens with zero attached hydrogens (tertiary/aromatic N) is 3. The summed E-state index contributed by atoms with van der Waals surface area (Å²) in [7, 11) is 0. The number of hydrogen-bond acceptors (Lipinski definition) is 4. The van der Waals surface area contributed by atoms with Gasteiger partial charge in [0.1, 0.15) is 0 Å². The van der Waals surface area contributed by atoms with E-state index in [9.17, 15) is 0 Å². The van der Waals surface area contributed by atoms with Gasteiger partial charge in [-0.1, -0.05) is 0 Å². The van der Waals surface area contributed by atoms with Gasteiger partial charge >= 0.3 is 0 Å². The maximum atomic E-state index is 4.46. The molecule has 2 aromatic heterocycles. The second kappa shape index (κ2) is 3.70. The van der Waals surface area contributed by atoms with Gasteiger partial charge in [-0.2, -0.15) is 0 Å². The fourth-order valence-corrected chi connectivity index (χ4v) is 2.24. The maximum Gasteiger partial charge on any atom is 0.189 e. The molecule has 0 aliphatic rings. The first-order valence-electron chi connectivity index (χ1n) is 4.83. The summed E-state index contributed by atoms with van der Waals surface area (Å²) in [6.45, 7) is 8.04. The lowest BCUT2D eigenvalue weighted by Crippen LogP contribution is -1.93. The van der Waals surface area contributed by atoms with E-state index in [1.165, 1.54) is 4.88 Å². The van der Waals surface area contributed by atoms with Crippen LogP contribution in [0.25, 0.3) is 10.8 Å². The zero-order valence-corrected chi connectivity index (χ0v) is 10.1. The predicted octanol–water partition coefficient (Wildman–Crippen LogP) is 2.83. The van der Waals surface area contributed by atoms with Gasteiger partial charge in [0.2, 0.25) is 0 Å². The van der Waals surface area contributed by atoms with Crippen molar-refractivity contribution in [2.75, 3.05) is 0 Å². The summed E-state index contributed by atoms with van der Waals surface area (Å²) in [5.41, 5.74) is 3.05. The number of thiazole rings is 1. The Morgan fingerprint density at radius 1 is 0.933 bits per heavy atom. The van der Waals surface area contributed by atoms with Crippen molar-refractivity contribution < 1.29 is 0 Å². The van der Waals surface area contributed by atoms with E-state index in [2.05, 4.69) is 21.9 Å². The first-order valence-corrected chi connectivity index (χ1v) is 5.64. The van der Waals surface area contributed by atoms with Crippen LogP contribution in [0.15, 0.2) is 6.07 Å². The van der Waals surface area contributed by atoms with Crippen LogP contribution in [0.5, 0.6) is 0 Å². The molecule has 4 heteroatoms. The molecule has 0 fully saturated rings. The molecule has 15 heavy (non-hydrogen) atoms. The summed E-state index contributed by atoms with van der Waals surface area (Å²) >= 11 is 1.65. The highest BCUT2D eigenvalue weighted by atomic mass is 32.1. The van der Waals surface area contributed by atoms with Gasteiger partial charge in [0.15, 0.2) is 10.8 Å². The molecule has 2 rings (SSSR count). The topological polar surface area (TPSA) is 38.7 Å². The van der Waals surface area contributed by atoms with Crippen molar-refractivity contribution >= 4 is 11.3 Å². The smallest absolute Gasteiger partial charge is 0.189 e. The first-order chi connectivity index (χ1) is 7.06. The molecule has 0 aromatic carbocycles. The van der Waals surface area contributed by atoms with Crippen molar-refractivity contribution in [2.24, 2.45) is 0 Å². The van der Waals surface area contributed by atoms with E-state index < -0.39 is 0 Å². The van der Waals surface area contributed by atoms with Gasteiger partial charge < -0.3 is 0 Å². The van der Waals surface area contributed by atoms with Crippen molar-refractivity contribution in [2.45, 2.75) is 27.7 Å². The largest absolute Gasteiger partial charge is 0.238 e. The molecule has 0 radical (unpaired) electrons. The lowest BCUT2D eigenvalue weighted by atomic mass is 10.3. The molecule has 0 amide bonds. The number of rotatable bonds is 1. The second-order valence-electron chi connectivity index (χ2n) is 3.63. The number of hydrogen-bond donors (Lipinski definition) is 0. The van der Waals surface area contributed by atoms with Crippen LogP contribution in [0.4, 0.5) is 0 Å². The van der Waals surface area contributed by atoms with Crippen LogP contribution in [0.3, 0.4) is 0 Å². The molecule has 0 aliphatic carbocycles. The molecular formula is C11H13N3S. The maximum absolute atomic E-state index is 4.46. The summed E-state index contributed by atoms with van der Waals surface area (Å²) < 4.78 is 0. The Labute approximate surface area is 93.2 Å². The minimum atomic E-state index is 0.744. The van der Waals surface area contributed by atoms with E-state index in [0.29, 0.717) is 0 Å². The SMILES string of the molecule is Cc1cc(C)nc(-c2nc(C)c(C)s2)n1. The first kappa shape index (κ1) is 10.2. The molecular weight excluding hydrogens is 206 g/mol. The molecule has 0 aliphatic heterocycles. The number of aryl methyl sites for hydroxylation is 4. The van der Waals surface area contributed by atoms with E-state index in [-0.39, 0.29) is 0 Å². The lowest BCUT2D eigenvalue weighted by Gasteiger charge is -1.98. The molecule has 0 N–H and O–H groups in total. The average molecular weight is 219 g/mol. The van der Waals surface area contributed by atoms with Crippen molar-refractivity contribution in [3.63, 3.8) is 0 Å². The highest BCUT2D eigenvalue weighted by Crippen LogP contribution is 2.24. The summed E-state index contributed by atoms with van der Waals surface area (Å²) in [4.78, 5) is 14.5. The van der Waals surface area contributed by atoms with Gasteiger partial charge in [-0.3, -0.25) is 0 Å². The van der Waals surface area contributed by atoms with Gasteiger partial charge in [-0.05, 0) is 33.8 Å². The zero-order chi connectivity index (χ0) is 11.0. The van der Waals surface area contributed by atoms with Crippen LogP contribution in [0.2, 0.25) is 0 Å². The summed E-state index contributed by atoms with van der Waals surface area (Å²) in [5.74, 6) is 0.744. The van der Waals surface area contributed by atoms with Crippen molar-refractivity contribution in [1.82, 2.24) is 15.0 Å². The van der Waals surface area contributed by atoms with Gasteiger partial charge in [-0.25, -0.2) is 15.0 Å². The van der Waals surface area contributed by atoms with Crippen LogP contribution in [-0.2, 0) is 0 Å². The normalized spacial score (nSPS) is 10.7. The fourth-order valence-electron chi connectivity index (χ4n) is 1.39. The Kier molecular flexibility index (Phi) is 2.52. The Bertz CT molecular complexity index is 463. The molecule has 2 aromatic rings. The standard InChI is InChI=1S/C11H13N3S/c1-6-5-7(2)13-10(12-6)11-14-8(3)9(4)15-11/h5H,1-4H3. The average Bonchev–Trinajstić information content (AvgIpc) is 2.45. The van der Waals surface area contributed by atoms with E-state index in [4.69, 9.17) is 0 Å². The summed E-state index contributed by atoms with van der Waals surface area (Å²) in [5, 5.41) is 0.914. The van der Waals surface area contributed by atoms with Crippen molar-refractivity contribution in [3.8, 4) is 10.8 Å². The highest BCUT2D eigenvalue weighted by molar-refractivity contribution is 7.15. The fraction of sp³-hybridized carbons (Fsp3) is 0.364. The van der Waals surface area contributed by atoms with Crippen LogP contribution in [0, 0.1) is 27.7 Å². The summed E-state index contributed by atoms with van der Waals surface area (Å²) in [6, 6.07) is 1.97. The second-order valence-corrected chi connectivity index (χ2v) is 4.84. The summed E-state index contributed by atoms with van der Waals surface area (Å²) in [6.07, 6.45) is 0. The lowest BCUT2D eigenvalue weighted by molar-refractivity contribution is 1.05.